The van der Waals surface area contributed by atoms with Gasteiger partial charge in [-0.05, 0) is 62.6 Å². The van der Waals surface area contributed by atoms with Crippen LogP contribution in [-0.2, 0) is 23.9 Å². The lowest BCUT2D eigenvalue weighted by atomic mass is 9.67. The summed E-state index contributed by atoms with van der Waals surface area (Å²) in [5, 5.41) is 3.99. The summed E-state index contributed by atoms with van der Waals surface area (Å²) in [6.07, 6.45) is 0.339. The van der Waals surface area contributed by atoms with Crippen LogP contribution in [0.25, 0.3) is 0 Å². The predicted octanol–water partition coefficient (Wildman–Crippen LogP) is 5.72. The SMILES string of the molecule is CCOC(=O)C1=C(C)NC2=C(C(=O)[C@H](C(=O)OCC)[C@H](c3ccc(OC)cc3)C2)[C@@H]1c1ccc(Cl)cc1Cl. The molecule has 38 heavy (non-hydrogen) atoms. The molecule has 2 aromatic carbocycles. The van der Waals surface area contributed by atoms with Crippen LogP contribution in [0.3, 0.4) is 0 Å². The van der Waals surface area contributed by atoms with E-state index >= 15 is 0 Å². The predicted molar refractivity (Wildman–Crippen MR) is 144 cm³/mol. The maximum Gasteiger partial charge on any atom is 0.336 e. The van der Waals surface area contributed by atoms with E-state index in [-0.39, 0.29) is 18.8 Å². The van der Waals surface area contributed by atoms with Crippen LogP contribution in [0.15, 0.2) is 65.0 Å². The van der Waals surface area contributed by atoms with Crippen molar-refractivity contribution >= 4 is 40.9 Å². The first-order valence-corrected chi connectivity index (χ1v) is 13.1. The second kappa shape index (κ2) is 11.6. The Hall–Kier alpha value is -3.29. The number of halogens is 2. The number of ether oxygens (including phenoxy) is 3. The van der Waals surface area contributed by atoms with E-state index < -0.39 is 35.5 Å². The number of hydrogen-bond donors (Lipinski definition) is 1. The fourth-order valence-electron chi connectivity index (χ4n) is 5.23. The Labute approximate surface area is 231 Å². The number of rotatable bonds is 7. The highest BCUT2D eigenvalue weighted by Gasteiger charge is 2.49. The molecule has 2 aromatic rings. The van der Waals surface area contributed by atoms with E-state index in [4.69, 9.17) is 37.4 Å². The molecule has 0 amide bonds. The van der Waals surface area contributed by atoms with Crippen LogP contribution in [0.5, 0.6) is 5.75 Å². The van der Waals surface area contributed by atoms with E-state index in [9.17, 15) is 14.4 Å². The van der Waals surface area contributed by atoms with Gasteiger partial charge in [0.15, 0.2) is 5.78 Å². The number of nitrogens with one attached hydrogen (secondary N) is 1. The Morgan fingerprint density at radius 1 is 1.03 bits per heavy atom. The number of esters is 2. The van der Waals surface area contributed by atoms with Crippen LogP contribution in [0.2, 0.25) is 10.0 Å². The Bertz CT molecular complexity index is 1330. The number of allylic oxidation sites excluding steroid dienone is 3. The van der Waals surface area contributed by atoms with E-state index in [0.717, 1.165) is 5.56 Å². The molecule has 0 radical (unpaired) electrons. The van der Waals surface area contributed by atoms with Gasteiger partial charge in [0.2, 0.25) is 0 Å². The zero-order chi connectivity index (χ0) is 27.6. The minimum absolute atomic E-state index is 0.127. The molecule has 9 heteroatoms. The van der Waals surface area contributed by atoms with Crippen LogP contribution in [0, 0.1) is 5.92 Å². The minimum Gasteiger partial charge on any atom is -0.497 e. The number of carbonyl (C=O) groups is 3. The van der Waals surface area contributed by atoms with Crippen molar-refractivity contribution in [3.8, 4) is 5.75 Å². The minimum atomic E-state index is -1.11. The third kappa shape index (κ3) is 5.18. The Morgan fingerprint density at radius 2 is 1.71 bits per heavy atom. The molecule has 0 fully saturated rings. The molecular weight excluding hydrogens is 529 g/mol. The lowest BCUT2D eigenvalue weighted by Gasteiger charge is -2.39. The summed E-state index contributed by atoms with van der Waals surface area (Å²) < 4.78 is 16.0. The van der Waals surface area contributed by atoms with Crippen LogP contribution >= 0.6 is 23.2 Å². The van der Waals surface area contributed by atoms with Gasteiger partial charge in [0.1, 0.15) is 11.7 Å². The molecule has 4 rings (SSSR count). The molecule has 0 spiro atoms. The van der Waals surface area contributed by atoms with Crippen molar-refractivity contribution in [2.24, 2.45) is 5.92 Å². The Balaban J connectivity index is 1.91. The van der Waals surface area contributed by atoms with Crippen LogP contribution in [0.1, 0.15) is 50.2 Å². The molecule has 1 N–H and O–H groups in total. The molecule has 0 aromatic heterocycles. The lowest BCUT2D eigenvalue weighted by molar-refractivity contribution is -0.152. The van der Waals surface area contributed by atoms with Gasteiger partial charge in [0.05, 0.1) is 25.9 Å². The average Bonchev–Trinajstić information content (AvgIpc) is 2.88. The molecule has 3 atom stereocenters. The van der Waals surface area contributed by atoms with Crippen molar-refractivity contribution in [1.29, 1.82) is 0 Å². The highest BCUT2D eigenvalue weighted by molar-refractivity contribution is 6.35. The molecule has 200 valence electrons. The third-order valence-corrected chi connectivity index (χ3v) is 7.43. The Morgan fingerprint density at radius 3 is 2.32 bits per heavy atom. The number of carbonyl (C=O) groups excluding carboxylic acids is 3. The number of benzene rings is 2. The summed E-state index contributed by atoms with van der Waals surface area (Å²) in [5.41, 5.74) is 3.04. The van der Waals surface area contributed by atoms with E-state index in [1.165, 1.54) is 0 Å². The topological polar surface area (TPSA) is 90.9 Å². The van der Waals surface area contributed by atoms with Crippen LogP contribution in [0.4, 0.5) is 0 Å². The summed E-state index contributed by atoms with van der Waals surface area (Å²) in [6.45, 7) is 5.45. The van der Waals surface area contributed by atoms with Gasteiger partial charge < -0.3 is 19.5 Å². The van der Waals surface area contributed by atoms with Gasteiger partial charge in [0.25, 0.3) is 0 Å². The zero-order valence-corrected chi connectivity index (χ0v) is 23.1. The first kappa shape index (κ1) is 27.7. The molecule has 0 unspecified atom stereocenters. The molecule has 0 saturated carbocycles. The smallest absolute Gasteiger partial charge is 0.336 e. The van der Waals surface area contributed by atoms with Crippen molar-refractivity contribution in [2.45, 2.75) is 39.0 Å². The number of dihydropyridines is 1. The fraction of sp³-hybridized carbons (Fsp3) is 0.345. The van der Waals surface area contributed by atoms with Crippen molar-refractivity contribution in [3.63, 3.8) is 0 Å². The highest BCUT2D eigenvalue weighted by atomic mass is 35.5. The van der Waals surface area contributed by atoms with E-state index in [1.54, 1.807) is 58.2 Å². The quantitative estimate of drug-likeness (QED) is 0.344. The average molecular weight is 558 g/mol. The van der Waals surface area contributed by atoms with Crippen molar-refractivity contribution < 1.29 is 28.6 Å². The lowest BCUT2D eigenvalue weighted by Crippen LogP contribution is -2.43. The van der Waals surface area contributed by atoms with Gasteiger partial charge in [-0.1, -0.05) is 41.4 Å². The zero-order valence-electron chi connectivity index (χ0n) is 21.6. The van der Waals surface area contributed by atoms with E-state index in [2.05, 4.69) is 5.32 Å². The molecule has 0 saturated heterocycles. The normalized spacial score (nSPS) is 21.0. The summed E-state index contributed by atoms with van der Waals surface area (Å²) in [7, 11) is 1.57. The van der Waals surface area contributed by atoms with Crippen molar-refractivity contribution in [3.05, 3.63) is 86.2 Å². The van der Waals surface area contributed by atoms with Gasteiger partial charge in [0, 0.05) is 38.8 Å². The van der Waals surface area contributed by atoms with Crippen molar-refractivity contribution in [2.75, 3.05) is 20.3 Å². The second-order valence-electron chi connectivity index (χ2n) is 9.05. The molecular formula is C29H29Cl2NO6. The molecule has 1 aliphatic carbocycles. The summed E-state index contributed by atoms with van der Waals surface area (Å²) in [4.78, 5) is 40.8. The third-order valence-electron chi connectivity index (χ3n) is 6.87. The van der Waals surface area contributed by atoms with Gasteiger partial charge in [-0.15, -0.1) is 0 Å². The second-order valence-corrected chi connectivity index (χ2v) is 9.90. The fourth-order valence-corrected chi connectivity index (χ4v) is 5.74. The van der Waals surface area contributed by atoms with Crippen LogP contribution < -0.4 is 10.1 Å². The van der Waals surface area contributed by atoms with Gasteiger partial charge >= 0.3 is 11.9 Å². The van der Waals surface area contributed by atoms with Crippen molar-refractivity contribution in [1.82, 2.24) is 5.32 Å². The standard InChI is InChI=1S/C29H29Cl2NO6/c1-5-37-28(34)23-15(3)32-22-14-20(16-7-10-18(36-4)11-8-16)25(29(35)38-6-2)27(33)26(22)24(23)19-12-9-17(30)13-21(19)31/h7-13,20,24-25,32H,5-6,14H2,1-4H3/t20-,24+,25+/m0/s1. The molecule has 0 bridgehead atoms. The van der Waals surface area contributed by atoms with Gasteiger partial charge in [-0.3, -0.25) is 9.59 Å². The Kier molecular flexibility index (Phi) is 8.48. The maximum absolute atomic E-state index is 14.3. The van der Waals surface area contributed by atoms with Crippen LogP contribution in [-0.4, -0.2) is 38.0 Å². The molecule has 1 heterocycles. The molecule has 1 aliphatic heterocycles. The van der Waals surface area contributed by atoms with E-state index in [1.807, 2.05) is 12.1 Å². The maximum atomic E-state index is 14.3. The monoisotopic (exact) mass is 557 g/mol. The van der Waals surface area contributed by atoms with E-state index in [0.29, 0.717) is 44.7 Å². The highest BCUT2D eigenvalue weighted by Crippen LogP contribution is 2.49. The first-order chi connectivity index (χ1) is 18.2. The number of Topliss-reactive ketones (excluding diaryl/α,β-unsaturated/α-hetero) is 1. The number of methoxy groups -OCH3 is 1. The number of ketones is 1. The summed E-state index contributed by atoms with van der Waals surface area (Å²) in [5.74, 6) is -3.40. The first-order valence-electron chi connectivity index (χ1n) is 12.4. The molecule has 7 nitrogen and oxygen atoms in total. The number of hydrogen-bond acceptors (Lipinski definition) is 7. The van der Waals surface area contributed by atoms with Gasteiger partial charge in [-0.2, -0.15) is 0 Å². The summed E-state index contributed by atoms with van der Waals surface area (Å²) >= 11 is 12.8. The largest absolute Gasteiger partial charge is 0.497 e. The summed E-state index contributed by atoms with van der Waals surface area (Å²) in [6, 6.07) is 12.2. The van der Waals surface area contributed by atoms with Gasteiger partial charge in [-0.25, -0.2) is 4.79 Å². The molecule has 2 aliphatic rings.